The van der Waals surface area contributed by atoms with Crippen molar-refractivity contribution < 1.29 is 19.4 Å². The molecule has 1 aliphatic heterocycles. The van der Waals surface area contributed by atoms with E-state index >= 15 is 0 Å². The fourth-order valence-electron chi connectivity index (χ4n) is 2.80. The Morgan fingerprint density at radius 3 is 2.70 bits per heavy atom. The smallest absolute Gasteiger partial charge is 0.334 e. The van der Waals surface area contributed by atoms with Crippen LogP contribution in [-0.2, 0) is 27.3 Å². The van der Waals surface area contributed by atoms with Crippen LogP contribution in [0.5, 0.6) is 0 Å². The molecular weight excluding hydrogens is 298 g/mol. The van der Waals surface area contributed by atoms with E-state index < -0.39 is 12.1 Å². The highest BCUT2D eigenvalue weighted by molar-refractivity contribution is 5.81. The lowest BCUT2D eigenvalue weighted by molar-refractivity contribution is -0.159. The van der Waals surface area contributed by atoms with Gasteiger partial charge in [0.15, 0.2) is 6.10 Å². The second-order valence-electron chi connectivity index (χ2n) is 6.44. The second-order valence-corrected chi connectivity index (χ2v) is 6.44. The average Bonchev–Trinajstić information content (AvgIpc) is 2.74. The third-order valence-corrected chi connectivity index (χ3v) is 4.09. The topological polar surface area (TPSA) is 84.7 Å². The van der Waals surface area contributed by atoms with E-state index in [1.54, 1.807) is 4.90 Å². The van der Waals surface area contributed by atoms with Crippen LogP contribution < -0.4 is 0 Å². The number of carboxylic acids is 1. The summed E-state index contributed by atoms with van der Waals surface area (Å²) in [6, 6.07) is 0. The lowest BCUT2D eigenvalue weighted by Crippen LogP contribution is -2.49. The Hall–Kier alpha value is -1.89. The number of carboxylic acid groups (broad SMARTS) is 1. The van der Waals surface area contributed by atoms with Gasteiger partial charge in [0.05, 0.1) is 25.3 Å². The van der Waals surface area contributed by atoms with Crippen LogP contribution in [0.25, 0.3) is 0 Å². The zero-order valence-electron chi connectivity index (χ0n) is 14.2. The molecule has 0 unspecified atom stereocenters. The molecule has 1 N–H and O–H groups in total. The van der Waals surface area contributed by atoms with Gasteiger partial charge < -0.3 is 14.7 Å². The summed E-state index contributed by atoms with van der Waals surface area (Å²) in [5, 5.41) is 13.5. The maximum Gasteiger partial charge on any atom is 0.334 e. The van der Waals surface area contributed by atoms with Crippen molar-refractivity contribution in [2.45, 2.75) is 46.8 Å². The Morgan fingerprint density at radius 1 is 1.39 bits per heavy atom. The zero-order valence-corrected chi connectivity index (χ0v) is 14.2. The number of aromatic nitrogens is 2. The Morgan fingerprint density at radius 2 is 2.09 bits per heavy atom. The third kappa shape index (κ3) is 4.10. The largest absolute Gasteiger partial charge is 0.479 e. The molecule has 23 heavy (non-hydrogen) atoms. The van der Waals surface area contributed by atoms with Gasteiger partial charge in [-0.3, -0.25) is 9.48 Å². The lowest BCUT2D eigenvalue weighted by Gasteiger charge is -2.31. The molecule has 0 aliphatic carbocycles. The van der Waals surface area contributed by atoms with Gasteiger partial charge in [0.1, 0.15) is 0 Å². The van der Waals surface area contributed by atoms with E-state index in [1.165, 1.54) is 0 Å². The SMILES string of the molecule is Cc1nn(CC(C)C)c(C)c1CC(=O)N1CCO[C@H](C(=O)O)C1. The molecule has 2 heterocycles. The number of nitrogens with zero attached hydrogens (tertiary/aromatic N) is 3. The summed E-state index contributed by atoms with van der Waals surface area (Å²) < 4.78 is 7.10. The van der Waals surface area contributed by atoms with Crippen LogP contribution in [0, 0.1) is 19.8 Å². The van der Waals surface area contributed by atoms with Crippen molar-refractivity contribution in [2.24, 2.45) is 5.92 Å². The number of morpholine rings is 1. The predicted molar refractivity (Wildman–Crippen MR) is 84.2 cm³/mol. The predicted octanol–water partition coefficient (Wildman–Crippen LogP) is 1.01. The molecule has 1 aromatic heterocycles. The summed E-state index contributed by atoms with van der Waals surface area (Å²) in [6.45, 7) is 9.75. The Kier molecular flexibility index (Phi) is 5.41. The average molecular weight is 323 g/mol. The van der Waals surface area contributed by atoms with E-state index in [2.05, 4.69) is 18.9 Å². The van der Waals surface area contributed by atoms with Gasteiger partial charge in [0.25, 0.3) is 0 Å². The van der Waals surface area contributed by atoms with Gasteiger partial charge in [-0.15, -0.1) is 0 Å². The number of carbonyl (C=O) groups excluding carboxylic acids is 1. The van der Waals surface area contributed by atoms with Crippen molar-refractivity contribution in [2.75, 3.05) is 19.7 Å². The van der Waals surface area contributed by atoms with Crippen LogP contribution in [0.1, 0.15) is 30.8 Å². The normalized spacial score (nSPS) is 18.5. The van der Waals surface area contributed by atoms with Crippen molar-refractivity contribution in [3.05, 3.63) is 17.0 Å². The molecule has 1 saturated heterocycles. The molecule has 0 radical (unpaired) electrons. The van der Waals surface area contributed by atoms with Gasteiger partial charge in [-0.25, -0.2) is 4.79 Å². The number of carbonyl (C=O) groups is 2. The maximum absolute atomic E-state index is 12.5. The molecule has 1 atom stereocenters. The van der Waals surface area contributed by atoms with Gasteiger partial charge >= 0.3 is 5.97 Å². The van der Waals surface area contributed by atoms with Gasteiger partial charge in [0, 0.05) is 24.3 Å². The molecule has 2 rings (SSSR count). The minimum Gasteiger partial charge on any atom is -0.479 e. The van der Waals surface area contributed by atoms with E-state index in [-0.39, 0.29) is 25.5 Å². The zero-order chi connectivity index (χ0) is 17.1. The van der Waals surface area contributed by atoms with Crippen molar-refractivity contribution in [1.82, 2.24) is 14.7 Å². The molecule has 0 aromatic carbocycles. The Balaban J connectivity index is 2.08. The van der Waals surface area contributed by atoms with E-state index in [4.69, 9.17) is 9.84 Å². The molecule has 0 spiro atoms. The molecule has 7 nitrogen and oxygen atoms in total. The highest BCUT2D eigenvalue weighted by Gasteiger charge is 2.29. The van der Waals surface area contributed by atoms with Gasteiger partial charge in [-0.05, 0) is 19.8 Å². The summed E-state index contributed by atoms with van der Waals surface area (Å²) >= 11 is 0. The number of hydrogen-bond acceptors (Lipinski definition) is 4. The first kappa shape index (κ1) is 17.5. The number of rotatable bonds is 5. The quantitative estimate of drug-likeness (QED) is 0.874. The molecule has 128 valence electrons. The first-order valence-corrected chi connectivity index (χ1v) is 7.94. The van der Waals surface area contributed by atoms with Gasteiger partial charge in [0.2, 0.25) is 5.91 Å². The van der Waals surface area contributed by atoms with Crippen LogP contribution >= 0.6 is 0 Å². The van der Waals surface area contributed by atoms with E-state index in [9.17, 15) is 9.59 Å². The van der Waals surface area contributed by atoms with Crippen molar-refractivity contribution in [3.63, 3.8) is 0 Å². The number of aliphatic carboxylic acids is 1. The summed E-state index contributed by atoms with van der Waals surface area (Å²) in [5.74, 6) is -0.624. The highest BCUT2D eigenvalue weighted by atomic mass is 16.5. The maximum atomic E-state index is 12.5. The standard InChI is InChI=1S/C16H25N3O4/c1-10(2)8-19-12(4)13(11(3)17-19)7-15(20)18-5-6-23-14(9-18)16(21)22/h10,14H,5-9H2,1-4H3,(H,21,22)/t14-/m0/s1. The number of amides is 1. The molecule has 1 amide bonds. The van der Waals surface area contributed by atoms with E-state index in [0.29, 0.717) is 12.5 Å². The van der Waals surface area contributed by atoms with Gasteiger partial charge in [-0.1, -0.05) is 13.8 Å². The number of aryl methyl sites for hydroxylation is 1. The van der Waals surface area contributed by atoms with Crippen LogP contribution in [0.3, 0.4) is 0 Å². The summed E-state index contributed by atoms with van der Waals surface area (Å²) in [5.41, 5.74) is 2.81. The van der Waals surface area contributed by atoms with Crippen LogP contribution in [-0.4, -0.2) is 57.5 Å². The van der Waals surface area contributed by atoms with Crippen LogP contribution in [0.4, 0.5) is 0 Å². The van der Waals surface area contributed by atoms with Crippen molar-refractivity contribution in [3.8, 4) is 0 Å². The molecule has 0 saturated carbocycles. The van der Waals surface area contributed by atoms with Gasteiger partial charge in [-0.2, -0.15) is 5.10 Å². The Labute approximate surface area is 136 Å². The fourth-order valence-corrected chi connectivity index (χ4v) is 2.80. The number of ether oxygens (including phenoxy) is 1. The van der Waals surface area contributed by atoms with Crippen molar-refractivity contribution >= 4 is 11.9 Å². The van der Waals surface area contributed by atoms with Crippen LogP contribution in [0.15, 0.2) is 0 Å². The Bertz CT molecular complexity index is 594. The molecule has 0 bridgehead atoms. The number of hydrogen-bond donors (Lipinski definition) is 1. The molecule has 7 heteroatoms. The molecular formula is C16H25N3O4. The summed E-state index contributed by atoms with van der Waals surface area (Å²) in [7, 11) is 0. The van der Waals surface area contributed by atoms with Crippen molar-refractivity contribution in [1.29, 1.82) is 0 Å². The van der Waals surface area contributed by atoms with Crippen LogP contribution in [0.2, 0.25) is 0 Å². The highest BCUT2D eigenvalue weighted by Crippen LogP contribution is 2.17. The first-order chi connectivity index (χ1) is 10.8. The first-order valence-electron chi connectivity index (χ1n) is 7.94. The second kappa shape index (κ2) is 7.12. The molecule has 1 aromatic rings. The summed E-state index contributed by atoms with van der Waals surface area (Å²) in [6.07, 6.45) is -0.680. The third-order valence-electron chi connectivity index (χ3n) is 4.09. The fraction of sp³-hybridized carbons (Fsp3) is 0.688. The minimum atomic E-state index is -1.03. The monoisotopic (exact) mass is 323 g/mol. The molecule has 1 fully saturated rings. The molecule has 1 aliphatic rings. The summed E-state index contributed by atoms with van der Waals surface area (Å²) in [4.78, 5) is 25.1. The minimum absolute atomic E-state index is 0.0742. The van der Waals surface area contributed by atoms with E-state index in [0.717, 1.165) is 23.5 Å². The lowest BCUT2D eigenvalue weighted by atomic mass is 10.1. The van der Waals surface area contributed by atoms with E-state index in [1.807, 2.05) is 18.5 Å².